The third-order valence-corrected chi connectivity index (χ3v) is 2.75. The van der Waals surface area contributed by atoms with E-state index in [0.717, 1.165) is 13.2 Å². The van der Waals surface area contributed by atoms with Crippen LogP contribution < -0.4 is 5.32 Å². The first-order valence-corrected chi connectivity index (χ1v) is 4.81. The lowest BCUT2D eigenvalue weighted by molar-refractivity contribution is -0.0273. The molecule has 0 saturated carbocycles. The molecule has 0 radical (unpaired) electrons. The van der Waals surface area contributed by atoms with E-state index in [2.05, 4.69) is 25.4 Å². The number of nitrogens with one attached hydrogen (secondary N) is 1. The quantitative estimate of drug-likeness (QED) is 0.626. The van der Waals surface area contributed by atoms with Crippen LogP contribution in [0.25, 0.3) is 0 Å². The van der Waals surface area contributed by atoms with E-state index >= 15 is 0 Å². The Labute approximate surface area is 66.7 Å². The van der Waals surface area contributed by atoms with Gasteiger partial charge in [0.1, 0.15) is 4.87 Å². The maximum atomic E-state index is 5.15. The fraction of sp³-hybridized carbons (Fsp3) is 1.00. The van der Waals surface area contributed by atoms with Gasteiger partial charge in [0, 0.05) is 6.04 Å². The van der Waals surface area contributed by atoms with E-state index in [9.17, 15) is 0 Å². The topological polar surface area (TPSA) is 21.3 Å². The van der Waals surface area contributed by atoms with E-state index in [0.29, 0.717) is 6.04 Å². The van der Waals surface area contributed by atoms with Crippen LogP contribution >= 0.6 is 11.8 Å². The number of hydrogen-bond donors (Lipinski definition) is 1. The van der Waals surface area contributed by atoms with Crippen molar-refractivity contribution in [2.75, 3.05) is 19.5 Å². The Morgan fingerprint density at radius 2 is 2.10 bits per heavy atom. The Bertz CT molecular complexity index is 107. The van der Waals surface area contributed by atoms with Crippen LogP contribution in [0.3, 0.4) is 0 Å². The molecule has 1 fully saturated rings. The van der Waals surface area contributed by atoms with Crippen molar-refractivity contribution in [2.24, 2.45) is 0 Å². The van der Waals surface area contributed by atoms with Gasteiger partial charge in [-0.3, -0.25) is 5.32 Å². The molecule has 1 heterocycles. The SMILES string of the molecule is CSC1(NC(C)C)COC1. The second-order valence-electron chi connectivity index (χ2n) is 2.99. The van der Waals surface area contributed by atoms with Crippen molar-refractivity contribution in [3.05, 3.63) is 0 Å². The highest BCUT2D eigenvalue weighted by Gasteiger charge is 2.37. The highest BCUT2D eigenvalue weighted by atomic mass is 32.2. The Balaban J connectivity index is 2.33. The van der Waals surface area contributed by atoms with Gasteiger partial charge < -0.3 is 4.74 Å². The van der Waals surface area contributed by atoms with Crippen LogP contribution in [0.15, 0.2) is 0 Å². The number of rotatable bonds is 3. The summed E-state index contributed by atoms with van der Waals surface area (Å²) in [6, 6.07) is 0.552. The van der Waals surface area contributed by atoms with Crippen LogP contribution in [0.2, 0.25) is 0 Å². The van der Waals surface area contributed by atoms with E-state index < -0.39 is 0 Å². The van der Waals surface area contributed by atoms with Crippen molar-refractivity contribution >= 4 is 11.8 Å². The zero-order valence-corrected chi connectivity index (χ0v) is 7.62. The summed E-state index contributed by atoms with van der Waals surface area (Å²) in [5, 5.41) is 3.48. The number of thioether (sulfide) groups is 1. The molecule has 1 N–H and O–H groups in total. The van der Waals surface area contributed by atoms with Crippen LogP contribution in [0.1, 0.15) is 13.8 Å². The van der Waals surface area contributed by atoms with Gasteiger partial charge in [0.25, 0.3) is 0 Å². The first-order valence-electron chi connectivity index (χ1n) is 3.59. The summed E-state index contributed by atoms with van der Waals surface area (Å²) in [6.07, 6.45) is 2.12. The monoisotopic (exact) mass is 161 g/mol. The average molecular weight is 161 g/mol. The highest BCUT2D eigenvalue weighted by Crippen LogP contribution is 2.28. The fourth-order valence-electron chi connectivity index (χ4n) is 1.07. The minimum atomic E-state index is 0.230. The summed E-state index contributed by atoms with van der Waals surface area (Å²) in [5.41, 5.74) is 0. The molecule has 0 aromatic heterocycles. The number of ether oxygens (including phenoxy) is 1. The van der Waals surface area contributed by atoms with Gasteiger partial charge in [0.2, 0.25) is 0 Å². The molecule has 60 valence electrons. The van der Waals surface area contributed by atoms with Gasteiger partial charge >= 0.3 is 0 Å². The lowest BCUT2D eigenvalue weighted by Crippen LogP contribution is -2.59. The zero-order valence-electron chi connectivity index (χ0n) is 6.81. The van der Waals surface area contributed by atoms with Crippen LogP contribution in [-0.4, -0.2) is 30.4 Å². The summed E-state index contributed by atoms with van der Waals surface area (Å²) in [5.74, 6) is 0. The predicted octanol–water partition coefficient (Wildman–Crippen LogP) is 1.07. The first kappa shape index (κ1) is 8.37. The average Bonchev–Trinajstić information content (AvgIpc) is 1.78. The molecule has 0 aliphatic carbocycles. The highest BCUT2D eigenvalue weighted by molar-refractivity contribution is 8.00. The van der Waals surface area contributed by atoms with Gasteiger partial charge in [-0.15, -0.1) is 11.8 Å². The molecule has 2 nitrogen and oxygen atoms in total. The Hall–Kier alpha value is 0.270. The summed E-state index contributed by atoms with van der Waals surface area (Å²) in [7, 11) is 0. The van der Waals surface area contributed by atoms with Crippen LogP contribution in [0.5, 0.6) is 0 Å². The van der Waals surface area contributed by atoms with E-state index in [4.69, 9.17) is 4.74 Å². The third-order valence-electron chi connectivity index (χ3n) is 1.61. The molecule has 0 aromatic rings. The molecular weight excluding hydrogens is 146 g/mol. The summed E-state index contributed by atoms with van der Waals surface area (Å²) in [6.45, 7) is 6.03. The minimum Gasteiger partial charge on any atom is -0.376 e. The maximum Gasteiger partial charge on any atom is 0.112 e. The van der Waals surface area contributed by atoms with Gasteiger partial charge in [-0.1, -0.05) is 0 Å². The Kier molecular flexibility index (Phi) is 2.61. The molecule has 0 unspecified atom stereocenters. The van der Waals surface area contributed by atoms with Gasteiger partial charge in [-0.05, 0) is 20.1 Å². The molecule has 3 heteroatoms. The summed E-state index contributed by atoms with van der Waals surface area (Å²) >= 11 is 1.85. The van der Waals surface area contributed by atoms with Crippen molar-refractivity contribution in [3.63, 3.8) is 0 Å². The second-order valence-corrected chi connectivity index (χ2v) is 4.18. The number of hydrogen-bond acceptors (Lipinski definition) is 3. The standard InChI is InChI=1S/C7H15NOS/c1-6(2)8-7(10-3)4-9-5-7/h6,8H,4-5H2,1-3H3. The van der Waals surface area contributed by atoms with Gasteiger partial charge in [-0.25, -0.2) is 0 Å². The van der Waals surface area contributed by atoms with Crippen molar-refractivity contribution in [1.82, 2.24) is 5.32 Å². The van der Waals surface area contributed by atoms with E-state index in [-0.39, 0.29) is 4.87 Å². The predicted molar refractivity (Wildman–Crippen MR) is 45.3 cm³/mol. The molecule has 1 saturated heterocycles. The van der Waals surface area contributed by atoms with E-state index in [1.165, 1.54) is 0 Å². The molecular formula is C7H15NOS. The van der Waals surface area contributed by atoms with Crippen LogP contribution in [0, 0.1) is 0 Å². The molecule has 0 bridgehead atoms. The van der Waals surface area contributed by atoms with Crippen LogP contribution in [0.4, 0.5) is 0 Å². The lowest BCUT2D eigenvalue weighted by atomic mass is 10.2. The fourth-order valence-corrected chi connectivity index (χ4v) is 1.83. The minimum absolute atomic E-state index is 0.230. The molecule has 1 aliphatic heterocycles. The largest absolute Gasteiger partial charge is 0.376 e. The molecule has 0 amide bonds. The van der Waals surface area contributed by atoms with Crippen LogP contribution in [-0.2, 0) is 4.74 Å². The maximum absolute atomic E-state index is 5.15. The lowest BCUT2D eigenvalue weighted by Gasteiger charge is -2.42. The molecule has 0 aromatic carbocycles. The Morgan fingerprint density at radius 1 is 1.50 bits per heavy atom. The van der Waals surface area contributed by atoms with Crippen molar-refractivity contribution < 1.29 is 4.74 Å². The van der Waals surface area contributed by atoms with Crippen molar-refractivity contribution in [3.8, 4) is 0 Å². The van der Waals surface area contributed by atoms with Gasteiger partial charge in [0.15, 0.2) is 0 Å². The van der Waals surface area contributed by atoms with E-state index in [1.54, 1.807) is 0 Å². The first-order chi connectivity index (χ1) is 4.68. The van der Waals surface area contributed by atoms with Crippen molar-refractivity contribution in [1.29, 1.82) is 0 Å². The zero-order chi connectivity index (χ0) is 7.61. The molecule has 0 atom stereocenters. The van der Waals surface area contributed by atoms with Crippen molar-refractivity contribution in [2.45, 2.75) is 24.8 Å². The smallest absolute Gasteiger partial charge is 0.112 e. The third kappa shape index (κ3) is 1.65. The normalized spacial score (nSPS) is 22.8. The summed E-state index contributed by atoms with van der Waals surface area (Å²) in [4.78, 5) is 0.230. The Morgan fingerprint density at radius 3 is 2.20 bits per heavy atom. The molecule has 1 rings (SSSR count). The van der Waals surface area contributed by atoms with Gasteiger partial charge in [0.05, 0.1) is 13.2 Å². The molecule has 1 aliphatic rings. The molecule has 10 heavy (non-hydrogen) atoms. The summed E-state index contributed by atoms with van der Waals surface area (Å²) < 4.78 is 5.15. The van der Waals surface area contributed by atoms with E-state index in [1.807, 2.05) is 11.8 Å². The van der Waals surface area contributed by atoms with Gasteiger partial charge in [-0.2, -0.15) is 0 Å². The second kappa shape index (κ2) is 3.11. The molecule has 0 spiro atoms.